The van der Waals surface area contributed by atoms with Crippen molar-refractivity contribution in [3.05, 3.63) is 47.7 Å². The minimum absolute atomic E-state index is 0.0722. The number of hydrogen-bond donors (Lipinski definition) is 1. The first-order chi connectivity index (χ1) is 10.5. The van der Waals surface area contributed by atoms with Gasteiger partial charge in [0.25, 0.3) is 5.91 Å². The van der Waals surface area contributed by atoms with Gasteiger partial charge in [-0.05, 0) is 29.8 Å². The quantitative estimate of drug-likeness (QED) is 0.684. The van der Waals surface area contributed by atoms with Gasteiger partial charge in [0.2, 0.25) is 5.91 Å². The highest BCUT2D eigenvalue weighted by atomic mass is 16.4. The van der Waals surface area contributed by atoms with E-state index in [2.05, 4.69) is 4.98 Å². The lowest BCUT2D eigenvalue weighted by atomic mass is 10.1. The summed E-state index contributed by atoms with van der Waals surface area (Å²) >= 11 is 0. The normalized spacial score (nSPS) is 16.7. The number of carboxylic acids is 1. The maximum absolute atomic E-state index is 12.1. The molecule has 1 N–H and O–H groups in total. The van der Waals surface area contributed by atoms with E-state index < -0.39 is 24.3 Å². The van der Waals surface area contributed by atoms with Crippen LogP contribution in [0.5, 0.6) is 0 Å². The molecule has 0 radical (unpaired) electrons. The van der Waals surface area contributed by atoms with Crippen molar-refractivity contribution in [2.24, 2.45) is 0 Å². The van der Waals surface area contributed by atoms with Crippen LogP contribution >= 0.6 is 0 Å². The molecular formula is C16H12N2O4. The molecule has 22 heavy (non-hydrogen) atoms. The summed E-state index contributed by atoms with van der Waals surface area (Å²) in [4.78, 5) is 39.5. The molecule has 0 spiro atoms. The average molecular weight is 296 g/mol. The SMILES string of the molecule is O=C(O)CN1C(=O)C/C(=C\c2ccc3ncccc3c2)C1=O. The van der Waals surface area contributed by atoms with Gasteiger partial charge in [0.15, 0.2) is 0 Å². The fourth-order valence-corrected chi connectivity index (χ4v) is 2.41. The molecule has 1 aliphatic rings. The largest absolute Gasteiger partial charge is 0.480 e. The molecule has 1 aliphatic heterocycles. The summed E-state index contributed by atoms with van der Waals surface area (Å²) in [7, 11) is 0. The number of aromatic nitrogens is 1. The molecule has 0 atom stereocenters. The van der Waals surface area contributed by atoms with Crippen LogP contribution in [0.1, 0.15) is 12.0 Å². The van der Waals surface area contributed by atoms with Crippen molar-refractivity contribution in [2.45, 2.75) is 6.42 Å². The van der Waals surface area contributed by atoms with Crippen LogP contribution in [0.4, 0.5) is 0 Å². The molecule has 1 saturated heterocycles. The standard InChI is InChI=1S/C16H12N2O4/c19-14-8-12(16(22)18(14)9-15(20)21)7-10-3-4-13-11(6-10)2-1-5-17-13/h1-7H,8-9H2,(H,20,21)/b12-7+. The van der Waals surface area contributed by atoms with Gasteiger partial charge in [-0.1, -0.05) is 12.1 Å². The minimum Gasteiger partial charge on any atom is -0.480 e. The number of rotatable bonds is 3. The monoisotopic (exact) mass is 296 g/mol. The first kappa shape index (κ1) is 13.9. The molecule has 2 heterocycles. The van der Waals surface area contributed by atoms with Gasteiger partial charge < -0.3 is 5.11 Å². The third-order valence-electron chi connectivity index (χ3n) is 3.42. The van der Waals surface area contributed by atoms with Crippen LogP contribution in [-0.2, 0) is 14.4 Å². The summed E-state index contributed by atoms with van der Waals surface area (Å²) in [6.07, 6.45) is 3.25. The topological polar surface area (TPSA) is 87.6 Å². The lowest BCUT2D eigenvalue weighted by molar-refractivity contribution is -0.148. The van der Waals surface area contributed by atoms with E-state index in [1.165, 1.54) is 0 Å². The number of aliphatic carboxylic acids is 1. The molecule has 6 heteroatoms. The van der Waals surface area contributed by atoms with Crippen molar-refractivity contribution in [2.75, 3.05) is 6.54 Å². The summed E-state index contributed by atoms with van der Waals surface area (Å²) in [6.45, 7) is -0.601. The van der Waals surface area contributed by atoms with E-state index in [1.807, 2.05) is 24.3 Å². The number of benzene rings is 1. The van der Waals surface area contributed by atoms with Gasteiger partial charge in [-0.2, -0.15) is 0 Å². The zero-order valence-electron chi connectivity index (χ0n) is 11.5. The van der Waals surface area contributed by atoms with Crippen LogP contribution in [0.2, 0.25) is 0 Å². The Morgan fingerprint density at radius 2 is 2.14 bits per heavy atom. The summed E-state index contributed by atoms with van der Waals surface area (Å²) in [5, 5.41) is 9.66. The Labute approximate surface area is 125 Å². The van der Waals surface area contributed by atoms with Crippen molar-refractivity contribution in [1.82, 2.24) is 9.88 Å². The van der Waals surface area contributed by atoms with E-state index in [1.54, 1.807) is 18.3 Å². The molecule has 1 aromatic heterocycles. The lowest BCUT2D eigenvalue weighted by Crippen LogP contribution is -2.34. The summed E-state index contributed by atoms with van der Waals surface area (Å²) in [5.41, 5.74) is 1.91. The van der Waals surface area contributed by atoms with Gasteiger partial charge >= 0.3 is 5.97 Å². The number of pyridine rings is 1. The Kier molecular flexibility index (Phi) is 3.42. The zero-order valence-corrected chi connectivity index (χ0v) is 11.5. The number of fused-ring (bicyclic) bond motifs is 1. The van der Waals surface area contributed by atoms with E-state index >= 15 is 0 Å². The van der Waals surface area contributed by atoms with E-state index in [0.29, 0.717) is 5.57 Å². The first-order valence-electron chi connectivity index (χ1n) is 6.66. The van der Waals surface area contributed by atoms with Gasteiger partial charge in [0.05, 0.1) is 11.9 Å². The molecule has 2 aromatic rings. The van der Waals surface area contributed by atoms with Gasteiger partial charge in [-0.25, -0.2) is 0 Å². The van der Waals surface area contributed by atoms with Crippen LogP contribution in [-0.4, -0.2) is 39.3 Å². The second-order valence-corrected chi connectivity index (χ2v) is 4.98. The second kappa shape index (κ2) is 5.40. The number of carboxylic acid groups (broad SMARTS) is 1. The molecule has 0 bridgehead atoms. The number of amides is 2. The molecule has 1 aromatic carbocycles. The van der Waals surface area contributed by atoms with E-state index in [0.717, 1.165) is 21.4 Å². The van der Waals surface area contributed by atoms with Crippen LogP contribution < -0.4 is 0 Å². The molecule has 0 aliphatic carbocycles. The Balaban J connectivity index is 1.92. The Morgan fingerprint density at radius 1 is 1.32 bits per heavy atom. The van der Waals surface area contributed by atoms with Gasteiger partial charge in [0.1, 0.15) is 6.54 Å². The Bertz CT molecular complexity index is 826. The number of carbonyl (C=O) groups is 3. The maximum atomic E-state index is 12.1. The van der Waals surface area contributed by atoms with Crippen LogP contribution in [0.15, 0.2) is 42.1 Å². The number of hydrogen-bond acceptors (Lipinski definition) is 4. The molecular weight excluding hydrogens is 284 g/mol. The predicted octanol–water partition coefficient (Wildman–Crippen LogP) is 1.46. The Morgan fingerprint density at radius 3 is 2.91 bits per heavy atom. The highest BCUT2D eigenvalue weighted by Gasteiger charge is 2.34. The number of nitrogens with zero attached hydrogens (tertiary/aromatic N) is 2. The third-order valence-corrected chi connectivity index (χ3v) is 3.42. The van der Waals surface area contributed by atoms with E-state index in [9.17, 15) is 14.4 Å². The molecule has 110 valence electrons. The van der Waals surface area contributed by atoms with Crippen molar-refractivity contribution in [3.63, 3.8) is 0 Å². The zero-order chi connectivity index (χ0) is 15.7. The van der Waals surface area contributed by atoms with E-state index in [4.69, 9.17) is 5.11 Å². The third kappa shape index (κ3) is 2.58. The summed E-state index contributed by atoms with van der Waals surface area (Å²) in [5.74, 6) is -2.24. The highest BCUT2D eigenvalue weighted by Crippen LogP contribution is 2.23. The molecule has 6 nitrogen and oxygen atoms in total. The molecule has 3 rings (SSSR count). The maximum Gasteiger partial charge on any atom is 0.323 e. The number of imide groups is 1. The molecule has 2 amide bonds. The highest BCUT2D eigenvalue weighted by molar-refractivity contribution is 6.16. The Hall–Kier alpha value is -3.02. The van der Waals surface area contributed by atoms with Gasteiger partial charge in [-0.15, -0.1) is 0 Å². The molecule has 0 unspecified atom stereocenters. The predicted molar refractivity (Wildman–Crippen MR) is 78.7 cm³/mol. The fourth-order valence-electron chi connectivity index (χ4n) is 2.41. The smallest absolute Gasteiger partial charge is 0.323 e. The summed E-state index contributed by atoms with van der Waals surface area (Å²) in [6, 6.07) is 9.23. The average Bonchev–Trinajstić information content (AvgIpc) is 2.74. The van der Waals surface area contributed by atoms with Crippen LogP contribution in [0.3, 0.4) is 0 Å². The van der Waals surface area contributed by atoms with E-state index in [-0.39, 0.29) is 6.42 Å². The van der Waals surface area contributed by atoms with Crippen LogP contribution in [0, 0.1) is 0 Å². The fraction of sp³-hybridized carbons (Fsp3) is 0.125. The number of carbonyl (C=O) groups excluding carboxylic acids is 2. The molecule has 1 fully saturated rings. The van der Waals surface area contributed by atoms with Gasteiger partial charge in [0, 0.05) is 17.2 Å². The van der Waals surface area contributed by atoms with Crippen molar-refractivity contribution < 1.29 is 19.5 Å². The van der Waals surface area contributed by atoms with Crippen LogP contribution in [0.25, 0.3) is 17.0 Å². The second-order valence-electron chi connectivity index (χ2n) is 4.98. The lowest BCUT2D eigenvalue weighted by Gasteiger charge is -2.09. The van der Waals surface area contributed by atoms with Crippen molar-refractivity contribution in [1.29, 1.82) is 0 Å². The number of likely N-dealkylation sites (tertiary alicyclic amines) is 1. The van der Waals surface area contributed by atoms with Crippen molar-refractivity contribution in [3.8, 4) is 0 Å². The summed E-state index contributed by atoms with van der Waals surface area (Å²) < 4.78 is 0. The van der Waals surface area contributed by atoms with Crippen molar-refractivity contribution >= 4 is 34.8 Å². The molecule has 0 saturated carbocycles. The minimum atomic E-state index is -1.21. The first-order valence-corrected chi connectivity index (χ1v) is 6.66. The van der Waals surface area contributed by atoms with Gasteiger partial charge in [-0.3, -0.25) is 24.3 Å².